The second-order valence-corrected chi connectivity index (χ2v) is 1.62. The summed E-state index contributed by atoms with van der Waals surface area (Å²) in [6, 6.07) is 0. The number of hydrogen-bond acceptors (Lipinski definition) is 6. The zero-order valence-corrected chi connectivity index (χ0v) is 5.76. The molecule has 0 aliphatic rings. The van der Waals surface area contributed by atoms with Crippen LogP contribution in [0.25, 0.3) is 0 Å². The fourth-order valence-electron chi connectivity index (χ4n) is 0.404. The lowest BCUT2D eigenvalue weighted by molar-refractivity contribution is 0.311. The average molecular weight is 160 g/mol. The van der Waals surface area contributed by atoms with Crippen LogP contribution in [0.4, 0.5) is 0 Å². The largest absolute Gasteiger partial charge is 0.411 e. The Morgan fingerprint density at radius 2 is 1.64 bits per heavy atom. The molecule has 0 saturated carbocycles. The summed E-state index contributed by atoms with van der Waals surface area (Å²) in [6.45, 7) is 1.33. The van der Waals surface area contributed by atoms with Gasteiger partial charge >= 0.3 is 0 Å². The van der Waals surface area contributed by atoms with Crippen LogP contribution in [-0.2, 0) is 0 Å². The minimum absolute atomic E-state index is 0.0530. The van der Waals surface area contributed by atoms with Gasteiger partial charge in [-0.1, -0.05) is 15.5 Å². The molecule has 0 unspecified atom stereocenters. The van der Waals surface area contributed by atoms with E-state index in [0.717, 1.165) is 0 Å². The van der Waals surface area contributed by atoms with Gasteiger partial charge < -0.3 is 21.4 Å². The van der Waals surface area contributed by atoms with E-state index < -0.39 is 5.84 Å². The van der Waals surface area contributed by atoms with Gasteiger partial charge in [-0.15, -0.1) is 0 Å². The van der Waals surface area contributed by atoms with E-state index in [1.807, 2.05) is 0 Å². The first kappa shape index (κ1) is 9.21. The summed E-state index contributed by atoms with van der Waals surface area (Å²) < 4.78 is 0. The third kappa shape index (κ3) is 2.12. The predicted molar refractivity (Wildman–Crippen MR) is 37.5 cm³/mol. The fraction of sp³-hybridized carbons (Fsp3) is 0.250. The minimum Gasteiger partial charge on any atom is -0.411 e. The Balaban J connectivity index is 4.72. The van der Waals surface area contributed by atoms with Crippen molar-refractivity contribution in [3.8, 4) is 0 Å². The molecule has 5 N–H and O–H groups in total. The Hall–Kier alpha value is -1.79. The third-order valence-corrected chi connectivity index (χ3v) is 0.943. The number of amidine groups is 1. The van der Waals surface area contributed by atoms with Crippen molar-refractivity contribution in [1.29, 1.82) is 0 Å². The van der Waals surface area contributed by atoms with Gasteiger partial charge in [0, 0.05) is 0 Å². The van der Waals surface area contributed by atoms with Gasteiger partial charge in [-0.05, 0) is 6.92 Å². The van der Waals surface area contributed by atoms with Crippen molar-refractivity contribution < 1.29 is 15.6 Å². The number of rotatable bonds is 2. The Labute approximate surface area is 62.1 Å². The lowest BCUT2D eigenvalue weighted by Crippen LogP contribution is -2.29. The summed E-state index contributed by atoms with van der Waals surface area (Å²) in [5, 5.41) is 32.4. The van der Waals surface area contributed by atoms with Crippen LogP contribution in [0, 0.1) is 0 Å². The summed E-state index contributed by atoms with van der Waals surface area (Å²) >= 11 is 0. The van der Waals surface area contributed by atoms with E-state index in [1.54, 1.807) is 0 Å². The zero-order valence-electron chi connectivity index (χ0n) is 5.76. The molecule has 7 nitrogen and oxygen atoms in total. The van der Waals surface area contributed by atoms with Crippen LogP contribution in [0.1, 0.15) is 6.92 Å². The topological polar surface area (TPSA) is 124 Å². The number of oxime groups is 3. The molecule has 0 rings (SSSR count). The fourth-order valence-corrected chi connectivity index (χ4v) is 0.404. The summed E-state index contributed by atoms with van der Waals surface area (Å²) in [5.41, 5.74) is 4.69. The van der Waals surface area contributed by atoms with E-state index in [-0.39, 0.29) is 11.4 Å². The molecule has 62 valence electrons. The van der Waals surface area contributed by atoms with Crippen molar-refractivity contribution in [1.82, 2.24) is 0 Å². The Morgan fingerprint density at radius 3 is 1.91 bits per heavy atom. The number of nitrogens with zero attached hydrogens (tertiary/aromatic N) is 3. The number of nitrogens with two attached hydrogens (primary N) is 1. The van der Waals surface area contributed by atoms with Crippen LogP contribution in [0.2, 0.25) is 0 Å². The van der Waals surface area contributed by atoms with Gasteiger partial charge in [0.2, 0.25) is 0 Å². The first-order valence-electron chi connectivity index (χ1n) is 2.56. The molecule has 0 spiro atoms. The van der Waals surface area contributed by atoms with Crippen molar-refractivity contribution in [2.75, 3.05) is 0 Å². The molecule has 0 aromatic heterocycles. The SMILES string of the molecule is CC(=N\O)/C(=N/O)C(/N)=N/O. The molecule has 0 saturated heterocycles. The van der Waals surface area contributed by atoms with Crippen LogP contribution in [0.5, 0.6) is 0 Å². The lowest BCUT2D eigenvalue weighted by Gasteiger charge is -1.97. The van der Waals surface area contributed by atoms with Gasteiger partial charge in [0.25, 0.3) is 0 Å². The molecule has 0 aromatic carbocycles. The molecule has 0 aliphatic carbocycles. The minimum atomic E-state index is -0.428. The zero-order chi connectivity index (χ0) is 8.85. The van der Waals surface area contributed by atoms with E-state index >= 15 is 0 Å². The maximum absolute atomic E-state index is 8.25. The van der Waals surface area contributed by atoms with Gasteiger partial charge in [-0.25, -0.2) is 0 Å². The van der Waals surface area contributed by atoms with Crippen LogP contribution in [0.15, 0.2) is 15.5 Å². The van der Waals surface area contributed by atoms with Gasteiger partial charge in [-0.2, -0.15) is 0 Å². The van der Waals surface area contributed by atoms with E-state index in [9.17, 15) is 0 Å². The van der Waals surface area contributed by atoms with E-state index in [1.165, 1.54) is 6.92 Å². The second kappa shape index (κ2) is 4.09. The molecule has 0 radical (unpaired) electrons. The highest BCUT2D eigenvalue weighted by Crippen LogP contribution is 1.83. The summed E-state index contributed by atoms with van der Waals surface area (Å²) in [6.07, 6.45) is 0. The molecular formula is C4H8N4O3. The van der Waals surface area contributed by atoms with Gasteiger partial charge in [-0.3, -0.25) is 0 Å². The first-order chi connectivity index (χ1) is 5.17. The monoisotopic (exact) mass is 160 g/mol. The van der Waals surface area contributed by atoms with Crippen LogP contribution < -0.4 is 5.73 Å². The van der Waals surface area contributed by atoms with Crippen LogP contribution in [0.3, 0.4) is 0 Å². The molecule has 0 atom stereocenters. The maximum Gasteiger partial charge on any atom is 0.194 e. The molecular weight excluding hydrogens is 152 g/mol. The van der Waals surface area contributed by atoms with Gasteiger partial charge in [0.15, 0.2) is 11.5 Å². The molecule has 7 heteroatoms. The van der Waals surface area contributed by atoms with Crippen molar-refractivity contribution in [2.45, 2.75) is 6.92 Å². The van der Waals surface area contributed by atoms with Crippen LogP contribution in [-0.4, -0.2) is 32.9 Å². The van der Waals surface area contributed by atoms with E-state index in [0.29, 0.717) is 0 Å². The van der Waals surface area contributed by atoms with Crippen molar-refractivity contribution >= 4 is 17.3 Å². The summed E-state index contributed by atoms with van der Waals surface area (Å²) in [4.78, 5) is 0. The standard InChI is InChI=1S/C4H8N4O3/c1-2(6-9)3(7-10)4(5)8-11/h9-11H,1H3,(H2,5,8)/b6-2+,7-3-. The average Bonchev–Trinajstić information content (AvgIpc) is 2.05. The Kier molecular flexibility index (Phi) is 3.43. The lowest BCUT2D eigenvalue weighted by atomic mass is 10.2. The quantitative estimate of drug-likeness (QED) is 0.186. The van der Waals surface area contributed by atoms with Crippen molar-refractivity contribution in [3.05, 3.63) is 0 Å². The Bertz CT molecular complexity index is 199. The molecule has 0 aliphatic heterocycles. The van der Waals surface area contributed by atoms with Gasteiger partial charge in [0.05, 0.1) is 0 Å². The van der Waals surface area contributed by atoms with Gasteiger partial charge in [0.1, 0.15) is 5.71 Å². The maximum atomic E-state index is 8.25. The molecule has 0 heterocycles. The summed E-state index contributed by atoms with van der Waals surface area (Å²) in [5.74, 6) is -0.428. The van der Waals surface area contributed by atoms with Crippen LogP contribution >= 0.6 is 0 Å². The van der Waals surface area contributed by atoms with E-state index in [4.69, 9.17) is 21.4 Å². The summed E-state index contributed by atoms with van der Waals surface area (Å²) in [7, 11) is 0. The predicted octanol–water partition coefficient (Wildman–Crippen LogP) is -0.587. The Morgan fingerprint density at radius 1 is 1.09 bits per heavy atom. The van der Waals surface area contributed by atoms with Crippen molar-refractivity contribution in [3.63, 3.8) is 0 Å². The molecule has 0 bridgehead atoms. The highest BCUT2D eigenvalue weighted by atomic mass is 16.4. The smallest absolute Gasteiger partial charge is 0.194 e. The molecule has 0 fully saturated rings. The normalized spacial score (nSPS) is 15.2. The molecule has 0 aromatic rings. The second-order valence-electron chi connectivity index (χ2n) is 1.62. The first-order valence-corrected chi connectivity index (χ1v) is 2.56. The highest BCUT2D eigenvalue weighted by molar-refractivity contribution is 6.67. The van der Waals surface area contributed by atoms with E-state index in [2.05, 4.69) is 15.5 Å². The molecule has 11 heavy (non-hydrogen) atoms. The third-order valence-electron chi connectivity index (χ3n) is 0.943. The molecule has 0 amide bonds. The van der Waals surface area contributed by atoms with Crippen molar-refractivity contribution in [2.24, 2.45) is 21.2 Å². The highest BCUT2D eigenvalue weighted by Gasteiger charge is 2.10. The number of hydrogen-bond donors (Lipinski definition) is 4.